The van der Waals surface area contributed by atoms with Gasteiger partial charge in [-0.05, 0) is 49.1 Å². The Hall–Kier alpha value is -1.07. The van der Waals surface area contributed by atoms with Gasteiger partial charge in [0.1, 0.15) is 0 Å². The standard InChI is InChI=1S/C12H18N4S/c13-16-12(14-8-4-5-8)15-10-2-1-3-11-9(10)6-7-17-11/h6-8,10H,1-5,13H2,(H2,14,15,16). The maximum absolute atomic E-state index is 5.52. The van der Waals surface area contributed by atoms with Crippen molar-refractivity contribution < 1.29 is 0 Å². The Bertz CT molecular complexity index is 422. The molecule has 1 aromatic rings. The molecule has 2 aliphatic carbocycles. The molecule has 0 aliphatic heterocycles. The van der Waals surface area contributed by atoms with Gasteiger partial charge < -0.3 is 5.32 Å². The van der Waals surface area contributed by atoms with Crippen molar-refractivity contribution in [3.63, 3.8) is 0 Å². The van der Waals surface area contributed by atoms with E-state index in [1.165, 1.54) is 36.1 Å². The van der Waals surface area contributed by atoms with Crippen LogP contribution in [-0.4, -0.2) is 12.0 Å². The average molecular weight is 250 g/mol. The predicted molar refractivity (Wildman–Crippen MR) is 70.9 cm³/mol. The van der Waals surface area contributed by atoms with Gasteiger partial charge in [0.05, 0.1) is 6.04 Å². The summed E-state index contributed by atoms with van der Waals surface area (Å²) in [6.07, 6.45) is 6.02. The highest BCUT2D eigenvalue weighted by Gasteiger charge is 2.24. The number of thiophene rings is 1. The minimum absolute atomic E-state index is 0.280. The van der Waals surface area contributed by atoms with Gasteiger partial charge in [-0.2, -0.15) is 0 Å². The number of aryl methyl sites for hydroxylation is 1. The van der Waals surface area contributed by atoms with Gasteiger partial charge >= 0.3 is 0 Å². The molecule has 4 N–H and O–H groups in total. The molecule has 0 bridgehead atoms. The number of nitrogens with zero attached hydrogens (tertiary/aromatic N) is 1. The van der Waals surface area contributed by atoms with E-state index in [0.717, 1.165) is 12.4 Å². The molecule has 3 rings (SSSR count). The second-order valence-electron chi connectivity index (χ2n) is 4.75. The molecule has 1 fully saturated rings. The summed E-state index contributed by atoms with van der Waals surface area (Å²) < 4.78 is 0. The molecule has 0 amide bonds. The fourth-order valence-electron chi connectivity index (χ4n) is 2.29. The number of aliphatic imine (C=N–C) groups is 1. The van der Waals surface area contributed by atoms with E-state index in [1.807, 2.05) is 11.3 Å². The topological polar surface area (TPSA) is 62.4 Å². The van der Waals surface area contributed by atoms with Crippen LogP contribution in [0.5, 0.6) is 0 Å². The second kappa shape index (κ2) is 4.66. The third-order valence-corrected chi connectivity index (χ3v) is 4.36. The van der Waals surface area contributed by atoms with E-state index in [-0.39, 0.29) is 6.04 Å². The minimum atomic E-state index is 0.280. The van der Waals surface area contributed by atoms with E-state index < -0.39 is 0 Å². The Labute approximate surface area is 105 Å². The number of hydrazine groups is 1. The lowest BCUT2D eigenvalue weighted by molar-refractivity contribution is 0.573. The van der Waals surface area contributed by atoms with Crippen LogP contribution in [0.25, 0.3) is 0 Å². The van der Waals surface area contributed by atoms with Crippen LogP contribution >= 0.6 is 11.3 Å². The van der Waals surface area contributed by atoms with Gasteiger partial charge in [0, 0.05) is 10.9 Å². The molecule has 2 aliphatic rings. The molecule has 1 saturated carbocycles. The SMILES string of the molecule is NNC(=NC1CCCc2sccc21)NC1CC1. The Balaban J connectivity index is 1.77. The summed E-state index contributed by atoms with van der Waals surface area (Å²) in [5, 5.41) is 5.50. The first-order valence-corrected chi connectivity index (χ1v) is 7.12. The van der Waals surface area contributed by atoms with Crippen LogP contribution in [0.4, 0.5) is 0 Å². The van der Waals surface area contributed by atoms with Gasteiger partial charge in [0.25, 0.3) is 0 Å². The summed E-state index contributed by atoms with van der Waals surface area (Å²) in [7, 11) is 0. The number of hydrogen-bond acceptors (Lipinski definition) is 3. The zero-order chi connectivity index (χ0) is 11.7. The van der Waals surface area contributed by atoms with Crippen molar-refractivity contribution in [3.8, 4) is 0 Å². The molecule has 1 atom stereocenters. The number of rotatable bonds is 2. The highest BCUT2D eigenvalue weighted by atomic mass is 32.1. The second-order valence-corrected chi connectivity index (χ2v) is 5.75. The Morgan fingerprint density at radius 2 is 2.29 bits per heavy atom. The molecule has 1 unspecified atom stereocenters. The van der Waals surface area contributed by atoms with E-state index in [2.05, 4.69) is 22.2 Å². The summed E-state index contributed by atoms with van der Waals surface area (Å²) in [4.78, 5) is 6.22. The lowest BCUT2D eigenvalue weighted by Gasteiger charge is -2.20. The number of nitrogens with two attached hydrogens (primary N) is 1. The summed E-state index contributed by atoms with van der Waals surface area (Å²) in [6.45, 7) is 0. The fourth-order valence-corrected chi connectivity index (χ4v) is 3.27. The normalized spacial score (nSPS) is 24.3. The molecule has 4 nitrogen and oxygen atoms in total. The molecule has 0 radical (unpaired) electrons. The van der Waals surface area contributed by atoms with Crippen LogP contribution in [-0.2, 0) is 6.42 Å². The molecule has 0 spiro atoms. The maximum Gasteiger partial charge on any atom is 0.206 e. The molecule has 0 aromatic carbocycles. The highest BCUT2D eigenvalue weighted by molar-refractivity contribution is 7.10. The van der Waals surface area contributed by atoms with E-state index in [9.17, 15) is 0 Å². The summed E-state index contributed by atoms with van der Waals surface area (Å²) in [5.41, 5.74) is 4.08. The van der Waals surface area contributed by atoms with Gasteiger partial charge in [0.2, 0.25) is 5.96 Å². The zero-order valence-corrected chi connectivity index (χ0v) is 10.6. The highest BCUT2D eigenvalue weighted by Crippen LogP contribution is 2.35. The maximum atomic E-state index is 5.52. The zero-order valence-electron chi connectivity index (χ0n) is 9.78. The van der Waals surface area contributed by atoms with Crippen molar-refractivity contribution >= 4 is 17.3 Å². The van der Waals surface area contributed by atoms with Crippen molar-refractivity contribution in [2.75, 3.05) is 0 Å². The lowest BCUT2D eigenvalue weighted by Crippen LogP contribution is -2.43. The minimum Gasteiger partial charge on any atom is -0.353 e. The summed E-state index contributed by atoms with van der Waals surface area (Å²) in [5.74, 6) is 6.27. The molecule has 17 heavy (non-hydrogen) atoms. The first kappa shape index (κ1) is 11.0. The monoisotopic (exact) mass is 250 g/mol. The van der Waals surface area contributed by atoms with Crippen LogP contribution in [0.2, 0.25) is 0 Å². The quantitative estimate of drug-likeness (QED) is 0.324. The van der Waals surface area contributed by atoms with E-state index in [0.29, 0.717) is 6.04 Å². The number of hydrogen-bond donors (Lipinski definition) is 3. The molecule has 1 aromatic heterocycles. The summed E-state index contributed by atoms with van der Waals surface area (Å²) in [6, 6.07) is 3.07. The molecular formula is C12H18N4S. The van der Waals surface area contributed by atoms with Crippen LogP contribution in [0, 0.1) is 0 Å². The van der Waals surface area contributed by atoms with Gasteiger partial charge in [-0.25, -0.2) is 10.8 Å². The summed E-state index contributed by atoms with van der Waals surface area (Å²) >= 11 is 1.85. The number of guanidine groups is 1. The van der Waals surface area contributed by atoms with Gasteiger partial charge in [-0.15, -0.1) is 11.3 Å². The third kappa shape index (κ3) is 2.45. The average Bonchev–Trinajstić information content (AvgIpc) is 3.03. The van der Waals surface area contributed by atoms with E-state index in [1.54, 1.807) is 0 Å². The van der Waals surface area contributed by atoms with Gasteiger partial charge in [0.15, 0.2) is 0 Å². The fraction of sp³-hybridized carbons (Fsp3) is 0.583. The van der Waals surface area contributed by atoms with E-state index >= 15 is 0 Å². The molecule has 1 heterocycles. The molecule has 5 heteroatoms. The van der Waals surface area contributed by atoms with Gasteiger partial charge in [-0.1, -0.05) is 0 Å². The van der Waals surface area contributed by atoms with Crippen molar-refractivity contribution in [2.24, 2.45) is 10.8 Å². The van der Waals surface area contributed by atoms with Gasteiger partial charge in [-0.3, -0.25) is 5.43 Å². The molecule has 92 valence electrons. The van der Waals surface area contributed by atoms with E-state index in [4.69, 9.17) is 10.8 Å². The molecule has 0 saturated heterocycles. The lowest BCUT2D eigenvalue weighted by atomic mass is 9.95. The van der Waals surface area contributed by atoms with Crippen LogP contribution < -0.4 is 16.6 Å². The third-order valence-electron chi connectivity index (χ3n) is 3.36. The van der Waals surface area contributed by atoms with Crippen LogP contribution in [0.3, 0.4) is 0 Å². The predicted octanol–water partition coefficient (Wildman–Crippen LogP) is 1.70. The largest absolute Gasteiger partial charge is 0.353 e. The Morgan fingerprint density at radius 1 is 1.41 bits per heavy atom. The van der Waals surface area contributed by atoms with Crippen LogP contribution in [0.1, 0.15) is 42.2 Å². The van der Waals surface area contributed by atoms with Crippen molar-refractivity contribution in [1.82, 2.24) is 10.7 Å². The van der Waals surface area contributed by atoms with Crippen molar-refractivity contribution in [2.45, 2.75) is 44.2 Å². The Morgan fingerprint density at radius 3 is 3.06 bits per heavy atom. The number of fused-ring (bicyclic) bond motifs is 1. The smallest absolute Gasteiger partial charge is 0.206 e. The first-order valence-electron chi connectivity index (χ1n) is 6.24. The first-order chi connectivity index (χ1) is 8.36. The van der Waals surface area contributed by atoms with Crippen molar-refractivity contribution in [1.29, 1.82) is 0 Å². The van der Waals surface area contributed by atoms with Crippen molar-refractivity contribution in [3.05, 3.63) is 21.9 Å². The van der Waals surface area contributed by atoms with Crippen LogP contribution in [0.15, 0.2) is 16.4 Å². The molecular weight excluding hydrogens is 232 g/mol. The number of nitrogens with one attached hydrogen (secondary N) is 2. The Kier molecular flexibility index (Phi) is 3.03.